The third kappa shape index (κ3) is 2.67. The summed E-state index contributed by atoms with van der Waals surface area (Å²) >= 11 is 0. The lowest BCUT2D eigenvalue weighted by Crippen LogP contribution is -2.56. The summed E-state index contributed by atoms with van der Waals surface area (Å²) in [6, 6.07) is 8.12. The molecule has 1 aromatic carbocycles. The van der Waals surface area contributed by atoms with Crippen LogP contribution >= 0.6 is 0 Å². The number of hydrogen-bond donors (Lipinski definition) is 2. The van der Waals surface area contributed by atoms with Crippen LogP contribution in [0, 0.1) is 6.92 Å². The van der Waals surface area contributed by atoms with Crippen LogP contribution in [0.4, 0.5) is 0 Å². The van der Waals surface area contributed by atoms with Gasteiger partial charge in [-0.3, -0.25) is 4.79 Å². The molecule has 17 heavy (non-hydrogen) atoms. The molecule has 1 atom stereocenters. The molecule has 0 aliphatic carbocycles. The summed E-state index contributed by atoms with van der Waals surface area (Å²) in [5.74, 6) is -0.724. The molecular weight excluding hydrogens is 214 g/mol. The number of hydrogen-bond acceptors (Lipinski definition) is 2. The van der Waals surface area contributed by atoms with E-state index < -0.39 is 11.5 Å². The van der Waals surface area contributed by atoms with Crippen LogP contribution < -0.4 is 5.32 Å². The maximum absolute atomic E-state index is 11.5. The third-order valence-electron chi connectivity index (χ3n) is 3.53. The van der Waals surface area contributed by atoms with Gasteiger partial charge in [-0.25, -0.2) is 0 Å². The number of piperidine rings is 1. The summed E-state index contributed by atoms with van der Waals surface area (Å²) in [6.07, 6.45) is 3.35. The molecule has 2 rings (SSSR count). The van der Waals surface area contributed by atoms with E-state index in [9.17, 15) is 9.90 Å². The van der Waals surface area contributed by atoms with Crippen molar-refractivity contribution in [1.82, 2.24) is 5.32 Å². The first-order valence-corrected chi connectivity index (χ1v) is 6.16. The van der Waals surface area contributed by atoms with Crippen LogP contribution in [-0.4, -0.2) is 23.2 Å². The smallest absolute Gasteiger partial charge is 0.324 e. The summed E-state index contributed by atoms with van der Waals surface area (Å²) in [7, 11) is 0. The van der Waals surface area contributed by atoms with Gasteiger partial charge < -0.3 is 10.4 Å². The van der Waals surface area contributed by atoms with E-state index in [1.165, 1.54) is 5.56 Å². The molecule has 3 heteroatoms. The van der Waals surface area contributed by atoms with E-state index in [1.54, 1.807) is 0 Å². The normalized spacial score (nSPS) is 24.5. The van der Waals surface area contributed by atoms with Crippen LogP contribution in [0.15, 0.2) is 24.3 Å². The minimum atomic E-state index is -0.756. The molecule has 2 N–H and O–H groups in total. The molecule has 0 bridgehead atoms. The Hall–Kier alpha value is -1.35. The van der Waals surface area contributed by atoms with Gasteiger partial charge in [0.25, 0.3) is 0 Å². The first-order valence-electron chi connectivity index (χ1n) is 6.16. The van der Waals surface area contributed by atoms with Crippen molar-refractivity contribution in [3.8, 4) is 0 Å². The van der Waals surface area contributed by atoms with Gasteiger partial charge in [-0.05, 0) is 38.3 Å². The quantitative estimate of drug-likeness (QED) is 0.841. The first kappa shape index (κ1) is 12.1. The zero-order chi connectivity index (χ0) is 12.3. The zero-order valence-electron chi connectivity index (χ0n) is 10.2. The average Bonchev–Trinajstić information content (AvgIpc) is 2.33. The van der Waals surface area contributed by atoms with Crippen LogP contribution in [0.3, 0.4) is 0 Å². The Morgan fingerprint density at radius 3 is 2.59 bits per heavy atom. The van der Waals surface area contributed by atoms with E-state index in [-0.39, 0.29) is 0 Å². The molecule has 3 nitrogen and oxygen atoms in total. The van der Waals surface area contributed by atoms with Gasteiger partial charge in [0, 0.05) is 6.42 Å². The van der Waals surface area contributed by atoms with Crippen molar-refractivity contribution in [2.45, 2.75) is 38.1 Å². The lowest BCUT2D eigenvalue weighted by molar-refractivity contribution is -0.146. The predicted molar refractivity (Wildman–Crippen MR) is 67.1 cm³/mol. The molecular formula is C14H19NO2. The molecule has 1 heterocycles. The number of benzene rings is 1. The molecule has 1 aromatic rings. The molecule has 0 aromatic heterocycles. The number of carboxylic acids is 1. The molecule has 92 valence electrons. The van der Waals surface area contributed by atoms with E-state index in [2.05, 4.69) is 5.32 Å². The molecule has 1 fully saturated rings. The van der Waals surface area contributed by atoms with Gasteiger partial charge in [0.05, 0.1) is 0 Å². The summed E-state index contributed by atoms with van der Waals surface area (Å²) in [6.45, 7) is 2.84. The van der Waals surface area contributed by atoms with Gasteiger partial charge in [0.15, 0.2) is 0 Å². The lowest BCUT2D eigenvalue weighted by atomic mass is 9.83. The summed E-state index contributed by atoms with van der Waals surface area (Å²) in [5, 5.41) is 12.6. The third-order valence-corrected chi connectivity index (χ3v) is 3.53. The van der Waals surface area contributed by atoms with Crippen molar-refractivity contribution in [2.24, 2.45) is 0 Å². The number of aryl methyl sites for hydroxylation is 1. The van der Waals surface area contributed by atoms with E-state index in [1.807, 2.05) is 31.2 Å². The number of carboxylic acid groups (broad SMARTS) is 1. The predicted octanol–water partition coefficient (Wildman–Crippen LogP) is 2.13. The van der Waals surface area contributed by atoms with Crippen LogP contribution in [0.2, 0.25) is 0 Å². The highest BCUT2D eigenvalue weighted by atomic mass is 16.4. The Labute approximate surface area is 102 Å². The molecule has 1 saturated heterocycles. The minimum Gasteiger partial charge on any atom is -0.480 e. The Kier molecular flexibility index (Phi) is 3.48. The molecule has 1 aliphatic heterocycles. The van der Waals surface area contributed by atoms with E-state index in [0.717, 1.165) is 31.4 Å². The fraction of sp³-hybridized carbons (Fsp3) is 0.500. The van der Waals surface area contributed by atoms with E-state index in [0.29, 0.717) is 6.42 Å². The van der Waals surface area contributed by atoms with Crippen LogP contribution in [-0.2, 0) is 11.2 Å². The summed E-state index contributed by atoms with van der Waals surface area (Å²) < 4.78 is 0. The standard InChI is InChI=1S/C14H19NO2/c1-11-4-6-12(7-5-11)10-14(13(16)17)8-2-3-9-15-14/h4-7,15H,2-3,8-10H2,1H3,(H,16,17). The second-order valence-corrected chi connectivity index (χ2v) is 4.93. The van der Waals surface area contributed by atoms with Gasteiger partial charge >= 0.3 is 5.97 Å². The van der Waals surface area contributed by atoms with Crippen molar-refractivity contribution < 1.29 is 9.90 Å². The first-order chi connectivity index (χ1) is 8.12. The van der Waals surface area contributed by atoms with Gasteiger partial charge in [-0.15, -0.1) is 0 Å². The van der Waals surface area contributed by atoms with Crippen molar-refractivity contribution in [3.63, 3.8) is 0 Å². The fourth-order valence-corrected chi connectivity index (χ4v) is 2.43. The molecule has 0 spiro atoms. The minimum absolute atomic E-state index is 0.572. The Balaban J connectivity index is 2.17. The molecule has 0 saturated carbocycles. The van der Waals surface area contributed by atoms with Crippen molar-refractivity contribution >= 4 is 5.97 Å². The SMILES string of the molecule is Cc1ccc(CC2(C(=O)O)CCCCN2)cc1. The number of nitrogens with one attached hydrogen (secondary N) is 1. The molecule has 1 aliphatic rings. The maximum Gasteiger partial charge on any atom is 0.324 e. The Morgan fingerprint density at radius 1 is 1.35 bits per heavy atom. The van der Waals surface area contributed by atoms with Crippen molar-refractivity contribution in [3.05, 3.63) is 35.4 Å². The van der Waals surface area contributed by atoms with Gasteiger partial charge in [0.1, 0.15) is 5.54 Å². The van der Waals surface area contributed by atoms with Gasteiger partial charge in [-0.1, -0.05) is 29.8 Å². The molecule has 1 unspecified atom stereocenters. The van der Waals surface area contributed by atoms with Crippen LogP contribution in [0.25, 0.3) is 0 Å². The monoisotopic (exact) mass is 233 g/mol. The second kappa shape index (κ2) is 4.88. The molecule has 0 amide bonds. The lowest BCUT2D eigenvalue weighted by Gasteiger charge is -2.34. The average molecular weight is 233 g/mol. The number of aliphatic carboxylic acids is 1. The van der Waals surface area contributed by atoms with Crippen LogP contribution in [0.5, 0.6) is 0 Å². The van der Waals surface area contributed by atoms with Crippen molar-refractivity contribution in [2.75, 3.05) is 6.54 Å². The summed E-state index contributed by atoms with van der Waals surface area (Å²) in [5.41, 5.74) is 1.54. The Morgan fingerprint density at radius 2 is 2.06 bits per heavy atom. The number of carbonyl (C=O) groups is 1. The van der Waals surface area contributed by atoms with Crippen molar-refractivity contribution in [1.29, 1.82) is 0 Å². The fourth-order valence-electron chi connectivity index (χ4n) is 2.43. The Bertz CT molecular complexity index is 391. The topological polar surface area (TPSA) is 49.3 Å². The highest BCUT2D eigenvalue weighted by Gasteiger charge is 2.39. The second-order valence-electron chi connectivity index (χ2n) is 4.93. The van der Waals surface area contributed by atoms with E-state index in [4.69, 9.17) is 0 Å². The maximum atomic E-state index is 11.5. The highest BCUT2D eigenvalue weighted by Crippen LogP contribution is 2.24. The van der Waals surface area contributed by atoms with Crippen LogP contribution in [0.1, 0.15) is 30.4 Å². The summed E-state index contributed by atoms with van der Waals surface area (Å²) in [4.78, 5) is 11.5. The number of rotatable bonds is 3. The zero-order valence-corrected chi connectivity index (χ0v) is 10.2. The van der Waals surface area contributed by atoms with Gasteiger partial charge in [0.2, 0.25) is 0 Å². The largest absolute Gasteiger partial charge is 0.480 e. The van der Waals surface area contributed by atoms with E-state index >= 15 is 0 Å². The van der Waals surface area contributed by atoms with Gasteiger partial charge in [-0.2, -0.15) is 0 Å². The molecule has 0 radical (unpaired) electrons. The highest BCUT2D eigenvalue weighted by molar-refractivity contribution is 5.79.